The van der Waals surface area contributed by atoms with E-state index in [0.717, 1.165) is 56.3 Å². The number of nitrogens with zero attached hydrogens (tertiary/aromatic N) is 4. The summed E-state index contributed by atoms with van der Waals surface area (Å²) in [5.41, 5.74) is 0. The molecule has 3 rings (SSSR count). The third-order valence-corrected chi connectivity index (χ3v) is 4.79. The Bertz CT molecular complexity index is 405. The molecule has 5 nitrogen and oxygen atoms in total. The molecular weight excluding hydrogens is 260 g/mol. The van der Waals surface area contributed by atoms with E-state index in [4.69, 9.17) is 4.74 Å². The first kappa shape index (κ1) is 13.3. The Kier molecular flexibility index (Phi) is 4.30. The number of ether oxygens (including phenoxy) is 1. The molecule has 2 saturated heterocycles. The number of hydrogen-bond donors (Lipinski definition) is 0. The van der Waals surface area contributed by atoms with Crippen LogP contribution in [0.4, 0.5) is 5.13 Å². The second-order valence-electron chi connectivity index (χ2n) is 5.49. The van der Waals surface area contributed by atoms with E-state index in [-0.39, 0.29) is 0 Å². The fraction of sp³-hybridized carbons (Fsp3) is 0.846. The third kappa shape index (κ3) is 3.43. The minimum Gasteiger partial charge on any atom is -0.379 e. The molecule has 3 heterocycles. The lowest BCUT2D eigenvalue weighted by atomic mass is 9.97. The Morgan fingerprint density at radius 3 is 2.89 bits per heavy atom. The molecule has 0 saturated carbocycles. The predicted octanol–water partition coefficient (Wildman–Crippen LogP) is 1.40. The Morgan fingerprint density at radius 2 is 2.16 bits per heavy atom. The topological polar surface area (TPSA) is 41.5 Å². The van der Waals surface area contributed by atoms with E-state index in [2.05, 4.69) is 19.2 Å². The molecule has 106 valence electrons. The van der Waals surface area contributed by atoms with E-state index < -0.39 is 0 Å². The van der Waals surface area contributed by atoms with Crippen molar-refractivity contribution in [1.82, 2.24) is 14.3 Å². The Morgan fingerprint density at radius 1 is 1.32 bits per heavy atom. The summed E-state index contributed by atoms with van der Waals surface area (Å²) in [6.07, 6.45) is 2.61. The molecule has 6 heteroatoms. The summed E-state index contributed by atoms with van der Waals surface area (Å²) in [6.45, 7) is 9.41. The smallest absolute Gasteiger partial charge is 0.205 e. The highest BCUT2D eigenvalue weighted by molar-refractivity contribution is 7.09. The SMILES string of the molecule is Cc1nsc(N2CCCC(CN3CCOCC3)C2)n1. The zero-order chi connectivity index (χ0) is 13.1. The van der Waals surface area contributed by atoms with E-state index in [0.29, 0.717) is 0 Å². The van der Waals surface area contributed by atoms with Crippen LogP contribution >= 0.6 is 11.5 Å². The molecule has 1 aromatic heterocycles. The molecule has 2 aliphatic rings. The number of rotatable bonds is 3. The summed E-state index contributed by atoms with van der Waals surface area (Å²) < 4.78 is 9.71. The molecule has 0 N–H and O–H groups in total. The molecule has 0 radical (unpaired) electrons. The summed E-state index contributed by atoms with van der Waals surface area (Å²) in [6, 6.07) is 0. The highest BCUT2D eigenvalue weighted by Crippen LogP contribution is 2.25. The van der Waals surface area contributed by atoms with Gasteiger partial charge in [-0.15, -0.1) is 0 Å². The first-order chi connectivity index (χ1) is 9.31. The molecule has 1 atom stereocenters. The first-order valence-electron chi connectivity index (χ1n) is 7.16. The van der Waals surface area contributed by atoms with Crippen LogP contribution in [0.5, 0.6) is 0 Å². The average molecular weight is 282 g/mol. The van der Waals surface area contributed by atoms with Gasteiger partial charge in [0.1, 0.15) is 5.82 Å². The number of anilines is 1. The van der Waals surface area contributed by atoms with Gasteiger partial charge in [0.25, 0.3) is 0 Å². The molecule has 0 aromatic carbocycles. The van der Waals surface area contributed by atoms with Gasteiger partial charge < -0.3 is 9.64 Å². The molecule has 0 aliphatic carbocycles. The minimum atomic E-state index is 0.760. The Labute approximate surface area is 118 Å². The molecule has 0 amide bonds. The highest BCUT2D eigenvalue weighted by atomic mass is 32.1. The van der Waals surface area contributed by atoms with Crippen molar-refractivity contribution in [1.29, 1.82) is 0 Å². The van der Waals surface area contributed by atoms with Gasteiger partial charge in [0.15, 0.2) is 0 Å². The maximum absolute atomic E-state index is 5.41. The van der Waals surface area contributed by atoms with Gasteiger partial charge in [-0.25, -0.2) is 4.98 Å². The van der Waals surface area contributed by atoms with Crippen molar-refractivity contribution < 1.29 is 4.74 Å². The summed E-state index contributed by atoms with van der Waals surface area (Å²) in [4.78, 5) is 9.48. The van der Waals surface area contributed by atoms with Crippen LogP contribution in [0, 0.1) is 12.8 Å². The maximum atomic E-state index is 5.41. The first-order valence-corrected chi connectivity index (χ1v) is 7.94. The van der Waals surface area contributed by atoms with Crippen LogP contribution in [-0.2, 0) is 4.74 Å². The summed E-state index contributed by atoms with van der Waals surface area (Å²) in [5.74, 6) is 1.66. The summed E-state index contributed by atoms with van der Waals surface area (Å²) >= 11 is 1.54. The molecular formula is C13H22N4OS. The van der Waals surface area contributed by atoms with Crippen molar-refractivity contribution in [3.63, 3.8) is 0 Å². The molecule has 1 unspecified atom stereocenters. The van der Waals surface area contributed by atoms with Gasteiger partial charge in [-0.05, 0) is 25.7 Å². The Hall–Kier alpha value is -0.720. The predicted molar refractivity (Wildman–Crippen MR) is 76.8 cm³/mol. The van der Waals surface area contributed by atoms with Crippen LogP contribution in [0.15, 0.2) is 0 Å². The van der Waals surface area contributed by atoms with E-state index in [1.54, 1.807) is 0 Å². The van der Waals surface area contributed by atoms with Crippen molar-refractivity contribution >= 4 is 16.7 Å². The van der Waals surface area contributed by atoms with Crippen LogP contribution in [0.3, 0.4) is 0 Å². The fourth-order valence-electron chi connectivity index (χ4n) is 2.95. The van der Waals surface area contributed by atoms with E-state index >= 15 is 0 Å². The second-order valence-corrected chi connectivity index (χ2v) is 6.22. The van der Waals surface area contributed by atoms with E-state index in [1.807, 2.05) is 6.92 Å². The van der Waals surface area contributed by atoms with Crippen LogP contribution in [0.2, 0.25) is 0 Å². The van der Waals surface area contributed by atoms with Crippen LogP contribution in [-0.4, -0.2) is 60.2 Å². The van der Waals surface area contributed by atoms with Gasteiger partial charge in [0, 0.05) is 44.3 Å². The number of piperidine rings is 1. The second kappa shape index (κ2) is 6.15. The zero-order valence-corrected chi connectivity index (χ0v) is 12.4. The lowest BCUT2D eigenvalue weighted by Crippen LogP contribution is -2.44. The summed E-state index contributed by atoms with van der Waals surface area (Å²) in [5, 5.41) is 1.10. The number of morpholine rings is 1. The molecule has 1 aromatic rings. The van der Waals surface area contributed by atoms with Gasteiger partial charge in [-0.3, -0.25) is 4.90 Å². The number of aromatic nitrogens is 2. The standard InChI is InChI=1S/C13H22N4OS/c1-11-14-13(19-15-11)17-4-2-3-12(10-17)9-16-5-7-18-8-6-16/h12H,2-10H2,1H3. The average Bonchev–Trinajstić information content (AvgIpc) is 2.87. The van der Waals surface area contributed by atoms with Crippen LogP contribution in [0.1, 0.15) is 18.7 Å². The zero-order valence-electron chi connectivity index (χ0n) is 11.5. The molecule has 19 heavy (non-hydrogen) atoms. The summed E-state index contributed by atoms with van der Waals surface area (Å²) in [7, 11) is 0. The van der Waals surface area contributed by atoms with Crippen LogP contribution < -0.4 is 4.90 Å². The minimum absolute atomic E-state index is 0.760. The van der Waals surface area contributed by atoms with Crippen molar-refractivity contribution in [2.24, 2.45) is 5.92 Å². The largest absolute Gasteiger partial charge is 0.379 e. The molecule has 2 aliphatic heterocycles. The lowest BCUT2D eigenvalue weighted by Gasteiger charge is -2.36. The van der Waals surface area contributed by atoms with Gasteiger partial charge in [-0.1, -0.05) is 0 Å². The Balaban J connectivity index is 1.55. The van der Waals surface area contributed by atoms with Crippen LogP contribution in [0.25, 0.3) is 0 Å². The van der Waals surface area contributed by atoms with Gasteiger partial charge in [0.05, 0.1) is 13.2 Å². The molecule has 0 bridgehead atoms. The van der Waals surface area contributed by atoms with Crippen molar-refractivity contribution in [2.45, 2.75) is 19.8 Å². The molecule has 2 fully saturated rings. The lowest BCUT2D eigenvalue weighted by molar-refractivity contribution is 0.0296. The van der Waals surface area contributed by atoms with Crippen molar-refractivity contribution in [3.05, 3.63) is 5.82 Å². The monoisotopic (exact) mass is 282 g/mol. The van der Waals surface area contributed by atoms with Crippen molar-refractivity contribution in [2.75, 3.05) is 50.8 Å². The van der Waals surface area contributed by atoms with E-state index in [9.17, 15) is 0 Å². The van der Waals surface area contributed by atoms with Gasteiger partial charge in [-0.2, -0.15) is 4.37 Å². The van der Waals surface area contributed by atoms with Gasteiger partial charge in [0.2, 0.25) is 5.13 Å². The van der Waals surface area contributed by atoms with Crippen molar-refractivity contribution in [3.8, 4) is 0 Å². The van der Waals surface area contributed by atoms with Gasteiger partial charge >= 0.3 is 0 Å². The molecule has 0 spiro atoms. The fourth-order valence-corrected chi connectivity index (χ4v) is 3.66. The maximum Gasteiger partial charge on any atom is 0.205 e. The van der Waals surface area contributed by atoms with E-state index in [1.165, 1.54) is 30.9 Å². The number of aryl methyl sites for hydroxylation is 1. The third-order valence-electron chi connectivity index (χ3n) is 3.93. The number of hydrogen-bond acceptors (Lipinski definition) is 6. The quantitative estimate of drug-likeness (QED) is 0.838. The highest BCUT2D eigenvalue weighted by Gasteiger charge is 2.24. The normalized spacial score (nSPS) is 25.7.